The summed E-state index contributed by atoms with van der Waals surface area (Å²) >= 11 is 0. The molecule has 7 nitrogen and oxygen atoms in total. The van der Waals surface area contributed by atoms with Crippen LogP contribution in [-0.4, -0.2) is 75.4 Å². The molecule has 4 bridgehead atoms. The summed E-state index contributed by atoms with van der Waals surface area (Å²) < 4.78 is 6.62. The summed E-state index contributed by atoms with van der Waals surface area (Å²) in [5.74, 6) is 1.26. The number of phenolic OH excluding ortho intramolecular Hbond substituents is 1. The van der Waals surface area contributed by atoms with Gasteiger partial charge in [0.15, 0.2) is 11.5 Å². The van der Waals surface area contributed by atoms with Crippen molar-refractivity contribution in [2.24, 2.45) is 5.92 Å². The number of fused-ring (bicyclic) bond motifs is 2. The van der Waals surface area contributed by atoms with E-state index in [4.69, 9.17) is 4.74 Å². The van der Waals surface area contributed by atoms with Crippen LogP contribution in [0.1, 0.15) is 43.2 Å². The number of likely N-dealkylation sites (tertiary alicyclic amines) is 1. The van der Waals surface area contributed by atoms with Crippen LogP contribution in [-0.2, 0) is 16.6 Å². The molecule has 4 aliphatic heterocycles. The second-order valence-electron chi connectivity index (χ2n) is 12.1. The summed E-state index contributed by atoms with van der Waals surface area (Å²) in [6.45, 7) is 2.06. The van der Waals surface area contributed by atoms with Crippen LogP contribution in [0.3, 0.4) is 0 Å². The second kappa shape index (κ2) is 6.82. The predicted molar refractivity (Wildman–Crippen MR) is 134 cm³/mol. The third kappa shape index (κ3) is 2.34. The predicted octanol–water partition coefficient (Wildman–Crippen LogP) is 2.65. The van der Waals surface area contributed by atoms with Gasteiger partial charge < -0.3 is 20.3 Å². The number of phenols is 1. The van der Waals surface area contributed by atoms with E-state index < -0.39 is 23.2 Å². The monoisotopic (exact) mass is 487 g/mol. The molecule has 7 aliphatic rings. The van der Waals surface area contributed by atoms with Crippen molar-refractivity contribution in [3.05, 3.63) is 53.6 Å². The Hall–Kier alpha value is -2.61. The van der Waals surface area contributed by atoms with Crippen molar-refractivity contribution >= 4 is 11.6 Å². The van der Waals surface area contributed by atoms with Gasteiger partial charge in [0.1, 0.15) is 17.7 Å². The number of amides is 1. The van der Waals surface area contributed by atoms with Gasteiger partial charge in [-0.25, -0.2) is 0 Å². The number of benzene rings is 2. The molecule has 2 aromatic rings. The third-order valence-electron chi connectivity index (χ3n) is 10.7. The van der Waals surface area contributed by atoms with Gasteiger partial charge in [0, 0.05) is 23.8 Å². The van der Waals surface area contributed by atoms with E-state index in [1.54, 1.807) is 6.07 Å². The topological polar surface area (TPSA) is 85.3 Å². The van der Waals surface area contributed by atoms with Crippen LogP contribution in [0.25, 0.3) is 0 Å². The molecule has 0 unspecified atom stereocenters. The molecule has 0 aromatic heterocycles. The van der Waals surface area contributed by atoms with Gasteiger partial charge in [-0.05, 0) is 81.8 Å². The number of likely N-dealkylation sites (N-methyl/N-ethyl adjacent to an activating group) is 1. The number of piperidine rings is 3. The highest BCUT2D eigenvalue weighted by molar-refractivity contribution is 5.96. The molecule has 2 spiro atoms. The van der Waals surface area contributed by atoms with E-state index in [-0.39, 0.29) is 23.2 Å². The molecule has 1 amide bonds. The molecule has 0 radical (unpaired) electrons. The SMILES string of the molecule is CN1[C@@H](C(=O)Nc2ccccc2)[C@]2(O)CC[C@]13[C@H]1Cc4ccc(O)c5c4[C@@]3(CCN1CC1CC1)[C@H]2O5. The van der Waals surface area contributed by atoms with E-state index in [1.165, 1.54) is 18.4 Å². The molecule has 6 atom stereocenters. The first-order valence-electron chi connectivity index (χ1n) is 13.5. The molecular formula is C29H33N3O4. The highest BCUT2D eigenvalue weighted by Gasteiger charge is 2.83. The van der Waals surface area contributed by atoms with Crippen LogP contribution in [0, 0.1) is 5.92 Å². The Balaban J connectivity index is 1.31. The molecule has 4 heterocycles. The summed E-state index contributed by atoms with van der Waals surface area (Å²) in [5, 5.41) is 26.4. The normalized spacial score (nSPS) is 40.0. The minimum Gasteiger partial charge on any atom is -0.504 e. The van der Waals surface area contributed by atoms with E-state index in [0.717, 1.165) is 49.5 Å². The molecule has 2 saturated carbocycles. The number of anilines is 1. The number of hydrogen-bond acceptors (Lipinski definition) is 6. The largest absolute Gasteiger partial charge is 0.504 e. The first kappa shape index (κ1) is 21.5. The smallest absolute Gasteiger partial charge is 0.244 e. The van der Waals surface area contributed by atoms with Gasteiger partial charge in [-0.3, -0.25) is 14.6 Å². The summed E-state index contributed by atoms with van der Waals surface area (Å²) in [5.41, 5.74) is 0.907. The Morgan fingerprint density at radius 1 is 1.14 bits per heavy atom. The Bertz CT molecular complexity index is 1280. The number of aromatic hydroxyl groups is 1. The van der Waals surface area contributed by atoms with E-state index in [0.29, 0.717) is 12.2 Å². The van der Waals surface area contributed by atoms with Crippen LogP contribution in [0.15, 0.2) is 42.5 Å². The Labute approximate surface area is 211 Å². The number of carbonyl (C=O) groups excluding carboxylic acids is 1. The molecular weight excluding hydrogens is 454 g/mol. The first-order chi connectivity index (χ1) is 17.4. The van der Waals surface area contributed by atoms with Gasteiger partial charge in [0.25, 0.3) is 0 Å². The Morgan fingerprint density at radius 3 is 2.72 bits per heavy atom. The maximum absolute atomic E-state index is 13.9. The van der Waals surface area contributed by atoms with Crippen molar-refractivity contribution < 1.29 is 19.7 Å². The molecule has 9 rings (SSSR count). The van der Waals surface area contributed by atoms with Crippen molar-refractivity contribution in [3.8, 4) is 11.5 Å². The zero-order chi connectivity index (χ0) is 24.4. The molecule has 3 N–H and O–H groups in total. The van der Waals surface area contributed by atoms with Gasteiger partial charge in [-0.2, -0.15) is 0 Å². The van der Waals surface area contributed by atoms with E-state index >= 15 is 0 Å². The number of para-hydroxylation sites is 1. The first-order valence-corrected chi connectivity index (χ1v) is 13.5. The van der Waals surface area contributed by atoms with E-state index in [9.17, 15) is 15.0 Å². The standard InChI is InChI=1S/C29H33N3O4/c1-31-24(25(34)30-19-5-3-2-4-6-19)28(35)11-12-29(31)21-15-18-9-10-20(33)23-22(18)27(29,26(28)36-23)13-14-32(21)16-17-7-8-17/h2-6,9-10,17,21,24,26,33,35H,7-8,11-16H2,1H3,(H,30,34)/t21-,24+,26-,27+,28-,29-/m1/s1. The summed E-state index contributed by atoms with van der Waals surface area (Å²) in [6, 6.07) is 12.8. The second-order valence-corrected chi connectivity index (χ2v) is 12.1. The lowest BCUT2D eigenvalue weighted by atomic mass is 9.41. The minimum atomic E-state index is -1.36. The van der Waals surface area contributed by atoms with Crippen LogP contribution in [0.5, 0.6) is 11.5 Å². The minimum absolute atomic E-state index is 0.141. The van der Waals surface area contributed by atoms with Crippen molar-refractivity contribution in [1.82, 2.24) is 9.80 Å². The fraction of sp³-hybridized carbons (Fsp3) is 0.552. The summed E-state index contributed by atoms with van der Waals surface area (Å²) in [6.07, 6.45) is 5.12. The molecule has 2 aromatic carbocycles. The lowest BCUT2D eigenvalue weighted by molar-refractivity contribution is -0.280. The van der Waals surface area contributed by atoms with Crippen LogP contribution < -0.4 is 10.1 Å². The lowest BCUT2D eigenvalue weighted by Gasteiger charge is -2.76. The van der Waals surface area contributed by atoms with Gasteiger partial charge in [0.2, 0.25) is 5.91 Å². The Morgan fingerprint density at radius 2 is 1.94 bits per heavy atom. The van der Waals surface area contributed by atoms with Gasteiger partial charge in [-0.15, -0.1) is 0 Å². The van der Waals surface area contributed by atoms with Crippen LogP contribution in [0.2, 0.25) is 0 Å². The molecule has 7 heteroatoms. The zero-order valence-corrected chi connectivity index (χ0v) is 20.6. The van der Waals surface area contributed by atoms with Gasteiger partial charge >= 0.3 is 0 Å². The third-order valence-corrected chi connectivity index (χ3v) is 10.7. The average Bonchev–Trinajstić information content (AvgIpc) is 3.60. The number of rotatable bonds is 4. The summed E-state index contributed by atoms with van der Waals surface area (Å²) in [4.78, 5) is 18.9. The van der Waals surface area contributed by atoms with Crippen LogP contribution in [0.4, 0.5) is 5.69 Å². The average molecular weight is 488 g/mol. The molecule has 5 fully saturated rings. The quantitative estimate of drug-likeness (QED) is 0.615. The number of ether oxygens (including phenoxy) is 1. The summed E-state index contributed by atoms with van der Waals surface area (Å²) in [7, 11) is 2.05. The molecule has 36 heavy (non-hydrogen) atoms. The Kier molecular flexibility index (Phi) is 4.07. The van der Waals surface area contributed by atoms with Crippen molar-refractivity contribution in [3.63, 3.8) is 0 Å². The maximum Gasteiger partial charge on any atom is 0.244 e. The van der Waals surface area contributed by atoms with Crippen molar-refractivity contribution in [2.75, 3.05) is 25.5 Å². The number of hydrogen-bond donors (Lipinski definition) is 3. The van der Waals surface area contributed by atoms with Gasteiger partial charge in [-0.1, -0.05) is 24.3 Å². The van der Waals surface area contributed by atoms with Crippen molar-refractivity contribution in [1.29, 1.82) is 0 Å². The number of carbonyl (C=O) groups is 1. The maximum atomic E-state index is 13.9. The molecule has 3 aliphatic carbocycles. The fourth-order valence-electron chi connectivity index (χ4n) is 9.24. The number of nitrogens with zero attached hydrogens (tertiary/aromatic N) is 2. The molecule has 3 saturated heterocycles. The molecule has 188 valence electrons. The lowest BCUT2D eigenvalue weighted by Crippen LogP contribution is -2.92. The fourth-order valence-corrected chi connectivity index (χ4v) is 9.24. The highest BCUT2D eigenvalue weighted by atomic mass is 16.5. The highest BCUT2D eigenvalue weighted by Crippen LogP contribution is 2.72. The van der Waals surface area contributed by atoms with E-state index in [2.05, 4.69) is 28.2 Å². The zero-order valence-electron chi connectivity index (χ0n) is 20.6. The van der Waals surface area contributed by atoms with Crippen LogP contribution >= 0.6 is 0 Å². The van der Waals surface area contributed by atoms with E-state index in [1.807, 2.05) is 30.3 Å². The number of nitrogens with one attached hydrogen (secondary N) is 1. The van der Waals surface area contributed by atoms with Gasteiger partial charge in [0.05, 0.1) is 11.0 Å². The van der Waals surface area contributed by atoms with Crippen molar-refractivity contribution in [2.45, 2.75) is 73.3 Å². The number of aliphatic hydroxyl groups is 1.